The highest BCUT2D eigenvalue weighted by Crippen LogP contribution is 2.24. The van der Waals surface area contributed by atoms with Crippen LogP contribution in [-0.4, -0.2) is 21.5 Å². The average molecular weight is 257 g/mol. The Bertz CT molecular complexity index is 499. The number of sulfonamides is 1. The summed E-state index contributed by atoms with van der Waals surface area (Å²) in [4.78, 5) is 2.02. The van der Waals surface area contributed by atoms with E-state index in [4.69, 9.17) is 10.9 Å². The predicted octanol–water partition coefficient (Wildman–Crippen LogP) is 1.15. The van der Waals surface area contributed by atoms with Gasteiger partial charge in [0.15, 0.2) is 0 Å². The van der Waals surface area contributed by atoms with E-state index in [-0.39, 0.29) is 10.6 Å². The monoisotopic (exact) mass is 257 g/mol. The smallest absolute Gasteiger partial charge is 0.240 e. The van der Waals surface area contributed by atoms with Gasteiger partial charge < -0.3 is 10.6 Å². The van der Waals surface area contributed by atoms with Gasteiger partial charge >= 0.3 is 0 Å². The zero-order valence-electron chi connectivity index (χ0n) is 10.3. The summed E-state index contributed by atoms with van der Waals surface area (Å²) in [5.74, 6) is 0. The van der Waals surface area contributed by atoms with Gasteiger partial charge in [0.2, 0.25) is 10.0 Å². The van der Waals surface area contributed by atoms with Crippen molar-refractivity contribution in [3.8, 4) is 0 Å². The molecule has 0 aromatic heterocycles. The Morgan fingerprint density at radius 1 is 1.41 bits per heavy atom. The van der Waals surface area contributed by atoms with Crippen LogP contribution in [0.4, 0.5) is 11.4 Å². The second-order valence-electron chi connectivity index (χ2n) is 4.14. The molecule has 4 N–H and O–H groups in total. The first-order chi connectivity index (χ1) is 7.77. The Balaban J connectivity index is 3.13. The van der Waals surface area contributed by atoms with E-state index in [2.05, 4.69) is 13.8 Å². The molecule has 0 aliphatic carbocycles. The quantitative estimate of drug-likeness (QED) is 0.792. The zero-order valence-corrected chi connectivity index (χ0v) is 11.2. The summed E-state index contributed by atoms with van der Waals surface area (Å²) in [5.41, 5.74) is 6.76. The fourth-order valence-electron chi connectivity index (χ4n) is 1.54. The van der Waals surface area contributed by atoms with Crippen LogP contribution >= 0.6 is 0 Å². The van der Waals surface area contributed by atoms with Crippen molar-refractivity contribution in [1.29, 1.82) is 0 Å². The van der Waals surface area contributed by atoms with Crippen LogP contribution in [0.5, 0.6) is 0 Å². The van der Waals surface area contributed by atoms with E-state index in [0.717, 1.165) is 12.1 Å². The molecule has 1 aromatic carbocycles. The molecular weight excluding hydrogens is 238 g/mol. The van der Waals surface area contributed by atoms with E-state index >= 15 is 0 Å². The molecule has 0 fully saturated rings. The molecule has 0 saturated heterocycles. The molecule has 17 heavy (non-hydrogen) atoms. The second-order valence-corrected chi connectivity index (χ2v) is 5.67. The molecule has 0 amide bonds. The van der Waals surface area contributed by atoms with Gasteiger partial charge in [-0.1, -0.05) is 6.92 Å². The molecular formula is C11H19N3O2S. The van der Waals surface area contributed by atoms with Crippen molar-refractivity contribution in [2.45, 2.75) is 31.2 Å². The van der Waals surface area contributed by atoms with Crippen molar-refractivity contribution in [3.63, 3.8) is 0 Å². The molecule has 1 unspecified atom stereocenters. The third kappa shape index (κ3) is 3.10. The lowest BCUT2D eigenvalue weighted by atomic mass is 10.2. The van der Waals surface area contributed by atoms with Crippen molar-refractivity contribution in [3.05, 3.63) is 18.2 Å². The topological polar surface area (TPSA) is 89.4 Å². The number of hydrogen-bond donors (Lipinski definition) is 2. The lowest BCUT2D eigenvalue weighted by Crippen LogP contribution is -2.28. The maximum Gasteiger partial charge on any atom is 0.240 e. The number of nitrogen functional groups attached to an aromatic ring is 1. The molecule has 0 saturated carbocycles. The first kappa shape index (κ1) is 13.8. The molecule has 1 atom stereocenters. The lowest BCUT2D eigenvalue weighted by molar-refractivity contribution is 0.598. The Morgan fingerprint density at radius 2 is 2.00 bits per heavy atom. The van der Waals surface area contributed by atoms with Gasteiger partial charge in [-0.15, -0.1) is 0 Å². The fourth-order valence-corrected chi connectivity index (χ4v) is 2.19. The molecule has 0 aliphatic rings. The third-order valence-electron chi connectivity index (χ3n) is 2.96. The van der Waals surface area contributed by atoms with Crippen molar-refractivity contribution < 1.29 is 8.42 Å². The molecule has 1 aromatic rings. The summed E-state index contributed by atoms with van der Waals surface area (Å²) in [5, 5.41) is 5.05. The highest BCUT2D eigenvalue weighted by atomic mass is 32.2. The molecule has 0 aliphatic heterocycles. The van der Waals surface area contributed by atoms with Crippen LogP contribution in [0.25, 0.3) is 0 Å². The lowest BCUT2D eigenvalue weighted by Gasteiger charge is -2.26. The first-order valence-electron chi connectivity index (χ1n) is 5.42. The Hall–Kier alpha value is -1.27. The number of nitrogens with two attached hydrogens (primary N) is 2. The van der Waals surface area contributed by atoms with E-state index in [9.17, 15) is 8.42 Å². The molecule has 6 heteroatoms. The summed E-state index contributed by atoms with van der Waals surface area (Å²) < 4.78 is 22.4. The number of benzene rings is 1. The van der Waals surface area contributed by atoms with Crippen molar-refractivity contribution >= 4 is 21.4 Å². The van der Waals surface area contributed by atoms with Crippen LogP contribution in [0.2, 0.25) is 0 Å². The van der Waals surface area contributed by atoms with E-state index < -0.39 is 10.0 Å². The van der Waals surface area contributed by atoms with Crippen LogP contribution in [0.15, 0.2) is 23.1 Å². The van der Waals surface area contributed by atoms with Crippen molar-refractivity contribution in [1.82, 2.24) is 0 Å². The normalized spacial score (nSPS) is 13.4. The Morgan fingerprint density at radius 3 is 2.41 bits per heavy atom. The summed E-state index contributed by atoms with van der Waals surface area (Å²) in [6.45, 7) is 4.17. The molecule has 1 rings (SSSR count). The first-order valence-corrected chi connectivity index (χ1v) is 6.97. The van der Waals surface area contributed by atoms with Crippen LogP contribution in [0, 0.1) is 0 Å². The van der Waals surface area contributed by atoms with E-state index in [1.54, 1.807) is 12.1 Å². The largest absolute Gasteiger partial charge is 0.398 e. The highest BCUT2D eigenvalue weighted by Gasteiger charge is 2.14. The number of rotatable bonds is 4. The van der Waals surface area contributed by atoms with Gasteiger partial charge in [0.25, 0.3) is 0 Å². The highest BCUT2D eigenvalue weighted by molar-refractivity contribution is 7.89. The number of primary sulfonamides is 1. The van der Waals surface area contributed by atoms with Crippen LogP contribution < -0.4 is 15.8 Å². The third-order valence-corrected chi connectivity index (χ3v) is 3.94. The summed E-state index contributed by atoms with van der Waals surface area (Å²) in [6, 6.07) is 5.14. The van der Waals surface area contributed by atoms with E-state index in [0.29, 0.717) is 6.04 Å². The Kier molecular flexibility index (Phi) is 4.00. The van der Waals surface area contributed by atoms with Crippen LogP contribution in [-0.2, 0) is 10.0 Å². The predicted molar refractivity (Wildman–Crippen MR) is 70.4 cm³/mol. The van der Waals surface area contributed by atoms with Gasteiger partial charge in [0.05, 0.1) is 5.69 Å². The minimum atomic E-state index is -3.75. The minimum Gasteiger partial charge on any atom is -0.398 e. The number of nitrogens with zero attached hydrogens (tertiary/aromatic N) is 1. The maximum atomic E-state index is 11.2. The van der Waals surface area contributed by atoms with E-state index in [1.165, 1.54) is 6.07 Å². The molecule has 0 bridgehead atoms. The fraction of sp³-hybridized carbons (Fsp3) is 0.455. The Labute approximate surface area is 102 Å². The summed E-state index contributed by atoms with van der Waals surface area (Å²) >= 11 is 0. The average Bonchev–Trinajstić information content (AvgIpc) is 2.25. The van der Waals surface area contributed by atoms with Crippen molar-refractivity contribution in [2.75, 3.05) is 17.7 Å². The van der Waals surface area contributed by atoms with Gasteiger partial charge in [0.1, 0.15) is 4.90 Å². The zero-order chi connectivity index (χ0) is 13.2. The SMILES string of the molecule is CCC(C)N(C)c1ccc(S(N)(=O)=O)c(N)c1. The molecule has 5 nitrogen and oxygen atoms in total. The van der Waals surface area contributed by atoms with E-state index in [1.807, 2.05) is 11.9 Å². The van der Waals surface area contributed by atoms with Crippen LogP contribution in [0.3, 0.4) is 0 Å². The molecule has 96 valence electrons. The molecule has 0 spiro atoms. The molecule has 0 heterocycles. The van der Waals surface area contributed by atoms with Gasteiger partial charge in [-0.05, 0) is 31.5 Å². The van der Waals surface area contributed by atoms with Crippen LogP contribution in [0.1, 0.15) is 20.3 Å². The van der Waals surface area contributed by atoms with Gasteiger partial charge in [-0.3, -0.25) is 0 Å². The summed E-state index contributed by atoms with van der Waals surface area (Å²) in [7, 11) is -1.80. The number of hydrogen-bond acceptors (Lipinski definition) is 4. The van der Waals surface area contributed by atoms with Gasteiger partial charge in [0, 0.05) is 18.8 Å². The molecule has 0 radical (unpaired) electrons. The minimum absolute atomic E-state index is 0.0289. The number of anilines is 2. The summed E-state index contributed by atoms with van der Waals surface area (Å²) in [6.07, 6.45) is 0.993. The van der Waals surface area contributed by atoms with Gasteiger partial charge in [-0.25, -0.2) is 13.6 Å². The van der Waals surface area contributed by atoms with Crippen molar-refractivity contribution in [2.24, 2.45) is 5.14 Å². The second kappa shape index (κ2) is 4.93. The standard InChI is InChI=1S/C11H19N3O2S/c1-4-8(2)14(3)9-5-6-11(10(12)7-9)17(13,15)16/h5-8H,4,12H2,1-3H3,(H2,13,15,16). The van der Waals surface area contributed by atoms with Gasteiger partial charge in [-0.2, -0.15) is 0 Å². The maximum absolute atomic E-state index is 11.2.